The highest BCUT2D eigenvalue weighted by Gasteiger charge is 2.05. The monoisotopic (exact) mass is 396 g/mol. The Balaban J connectivity index is 1.82. The van der Waals surface area contributed by atoms with E-state index in [1.807, 2.05) is 43.3 Å². The number of nitrogen functional groups attached to an aromatic ring is 1. The lowest BCUT2D eigenvalue weighted by Crippen LogP contribution is -2.16. The third kappa shape index (κ3) is 4.93. The Labute approximate surface area is 137 Å². The average molecular weight is 396 g/mol. The molecule has 2 rings (SSSR count). The zero-order valence-electron chi connectivity index (χ0n) is 11.7. The molecular weight excluding hydrogens is 379 g/mol. The summed E-state index contributed by atoms with van der Waals surface area (Å²) in [4.78, 5) is 11.9. The summed E-state index contributed by atoms with van der Waals surface area (Å²) in [5.74, 6) is 0.701. The summed E-state index contributed by atoms with van der Waals surface area (Å²) in [6.45, 7) is 2.26. The first-order valence-electron chi connectivity index (χ1n) is 6.59. The molecule has 4 nitrogen and oxygen atoms in total. The maximum atomic E-state index is 11.9. The number of carbonyl (C=O) groups excluding carboxylic acids is 1. The van der Waals surface area contributed by atoms with E-state index < -0.39 is 0 Å². The normalized spacial score (nSPS) is 10.2. The molecule has 0 unspecified atom stereocenters. The molecule has 0 bridgehead atoms. The second-order valence-corrected chi connectivity index (χ2v) is 5.92. The van der Waals surface area contributed by atoms with Crippen LogP contribution in [0.5, 0.6) is 5.75 Å². The lowest BCUT2D eigenvalue weighted by Gasteiger charge is -2.10. The highest BCUT2D eigenvalue weighted by atomic mass is 127. The summed E-state index contributed by atoms with van der Waals surface area (Å²) in [5.41, 5.74) is 8.10. The SMILES string of the molecule is Cc1cc(N)ccc1NC(=O)CCOc1cccc(I)c1. The molecule has 2 aromatic carbocycles. The first-order chi connectivity index (χ1) is 10.0. The third-order valence-electron chi connectivity index (χ3n) is 2.92. The van der Waals surface area contributed by atoms with Crippen LogP contribution in [0.2, 0.25) is 0 Å². The van der Waals surface area contributed by atoms with Crippen LogP contribution in [0.3, 0.4) is 0 Å². The van der Waals surface area contributed by atoms with Crippen LogP contribution in [-0.4, -0.2) is 12.5 Å². The molecule has 0 heterocycles. The predicted octanol–water partition coefficient (Wildman–Crippen LogP) is 3.59. The van der Waals surface area contributed by atoms with Gasteiger partial charge in [-0.25, -0.2) is 0 Å². The summed E-state index contributed by atoms with van der Waals surface area (Å²) in [6.07, 6.45) is 0.301. The van der Waals surface area contributed by atoms with Gasteiger partial charge in [-0.1, -0.05) is 6.07 Å². The van der Waals surface area contributed by atoms with E-state index in [4.69, 9.17) is 10.5 Å². The minimum absolute atomic E-state index is 0.0755. The molecule has 0 aromatic heterocycles. The van der Waals surface area contributed by atoms with Gasteiger partial charge < -0.3 is 15.8 Å². The molecule has 2 aromatic rings. The Morgan fingerprint density at radius 2 is 2.10 bits per heavy atom. The molecule has 0 saturated carbocycles. The zero-order valence-corrected chi connectivity index (χ0v) is 13.9. The van der Waals surface area contributed by atoms with Gasteiger partial charge in [0.1, 0.15) is 5.75 Å². The molecule has 0 radical (unpaired) electrons. The molecular formula is C16H17IN2O2. The summed E-state index contributed by atoms with van der Waals surface area (Å²) in [5, 5.41) is 2.86. The van der Waals surface area contributed by atoms with Crippen LogP contribution in [-0.2, 0) is 4.79 Å². The quantitative estimate of drug-likeness (QED) is 0.600. The number of nitrogens with one attached hydrogen (secondary N) is 1. The van der Waals surface area contributed by atoms with Gasteiger partial charge in [-0.3, -0.25) is 4.79 Å². The number of hydrogen-bond acceptors (Lipinski definition) is 3. The van der Waals surface area contributed by atoms with Crippen molar-refractivity contribution in [2.24, 2.45) is 0 Å². The van der Waals surface area contributed by atoms with Gasteiger partial charge in [0.25, 0.3) is 0 Å². The zero-order chi connectivity index (χ0) is 15.2. The van der Waals surface area contributed by atoms with E-state index >= 15 is 0 Å². The molecule has 0 saturated heterocycles. The van der Waals surface area contributed by atoms with Crippen molar-refractivity contribution in [2.45, 2.75) is 13.3 Å². The van der Waals surface area contributed by atoms with Gasteiger partial charge in [0.2, 0.25) is 5.91 Å². The van der Waals surface area contributed by atoms with E-state index in [0.717, 1.165) is 20.6 Å². The van der Waals surface area contributed by atoms with Crippen molar-refractivity contribution in [1.82, 2.24) is 0 Å². The van der Waals surface area contributed by atoms with Crippen molar-refractivity contribution >= 4 is 39.9 Å². The Hall–Kier alpha value is -1.76. The van der Waals surface area contributed by atoms with Crippen molar-refractivity contribution in [3.63, 3.8) is 0 Å². The van der Waals surface area contributed by atoms with Gasteiger partial charge in [0.15, 0.2) is 0 Å². The standard InChI is InChI=1S/C16H17IN2O2/c1-11-9-13(18)5-6-15(11)19-16(20)7-8-21-14-4-2-3-12(17)10-14/h2-6,9-10H,7-8,18H2,1H3,(H,19,20). The molecule has 0 atom stereocenters. The molecule has 1 amide bonds. The van der Waals surface area contributed by atoms with Gasteiger partial charge in [-0.15, -0.1) is 0 Å². The van der Waals surface area contributed by atoms with Crippen LogP contribution in [0.1, 0.15) is 12.0 Å². The Morgan fingerprint density at radius 1 is 1.29 bits per heavy atom. The Bertz CT molecular complexity index is 644. The largest absolute Gasteiger partial charge is 0.493 e. The second-order valence-electron chi connectivity index (χ2n) is 4.68. The average Bonchev–Trinajstić information content (AvgIpc) is 2.42. The van der Waals surface area contributed by atoms with Crippen LogP contribution in [0.25, 0.3) is 0 Å². The highest BCUT2D eigenvalue weighted by molar-refractivity contribution is 14.1. The van der Waals surface area contributed by atoms with Crippen molar-refractivity contribution in [2.75, 3.05) is 17.7 Å². The lowest BCUT2D eigenvalue weighted by molar-refractivity contribution is -0.116. The van der Waals surface area contributed by atoms with Gasteiger partial charge in [-0.2, -0.15) is 0 Å². The highest BCUT2D eigenvalue weighted by Crippen LogP contribution is 2.18. The van der Waals surface area contributed by atoms with E-state index in [9.17, 15) is 4.79 Å². The maximum Gasteiger partial charge on any atom is 0.227 e. The first kappa shape index (κ1) is 15.6. The minimum atomic E-state index is -0.0755. The Morgan fingerprint density at radius 3 is 2.81 bits per heavy atom. The fourth-order valence-corrected chi connectivity index (χ4v) is 2.37. The number of anilines is 2. The number of ether oxygens (including phenoxy) is 1. The number of benzene rings is 2. The molecule has 110 valence electrons. The fourth-order valence-electron chi connectivity index (χ4n) is 1.86. The number of rotatable bonds is 5. The third-order valence-corrected chi connectivity index (χ3v) is 3.59. The Kier molecular flexibility index (Phi) is 5.44. The van der Waals surface area contributed by atoms with E-state index in [-0.39, 0.29) is 5.91 Å². The summed E-state index contributed by atoms with van der Waals surface area (Å²) >= 11 is 2.22. The number of aryl methyl sites for hydroxylation is 1. The van der Waals surface area contributed by atoms with Crippen molar-refractivity contribution in [1.29, 1.82) is 0 Å². The van der Waals surface area contributed by atoms with Crippen molar-refractivity contribution in [3.05, 3.63) is 51.6 Å². The number of hydrogen-bond donors (Lipinski definition) is 2. The topological polar surface area (TPSA) is 64.3 Å². The molecule has 0 spiro atoms. The second kappa shape index (κ2) is 7.31. The van der Waals surface area contributed by atoms with Crippen LogP contribution < -0.4 is 15.8 Å². The maximum absolute atomic E-state index is 11.9. The minimum Gasteiger partial charge on any atom is -0.493 e. The van der Waals surface area contributed by atoms with Gasteiger partial charge >= 0.3 is 0 Å². The van der Waals surface area contributed by atoms with E-state index in [0.29, 0.717) is 18.7 Å². The van der Waals surface area contributed by atoms with Crippen LogP contribution in [0, 0.1) is 10.5 Å². The summed E-state index contributed by atoms with van der Waals surface area (Å²) in [6, 6.07) is 13.1. The van der Waals surface area contributed by atoms with E-state index in [2.05, 4.69) is 27.9 Å². The first-order valence-corrected chi connectivity index (χ1v) is 7.67. The molecule has 0 aliphatic carbocycles. The molecule has 3 N–H and O–H groups in total. The molecule has 0 aliphatic heterocycles. The van der Waals surface area contributed by atoms with Gasteiger partial charge in [-0.05, 0) is 71.5 Å². The molecule has 0 fully saturated rings. The smallest absolute Gasteiger partial charge is 0.227 e. The van der Waals surface area contributed by atoms with Gasteiger partial charge in [0.05, 0.1) is 13.0 Å². The van der Waals surface area contributed by atoms with E-state index in [1.54, 1.807) is 6.07 Å². The predicted molar refractivity (Wildman–Crippen MR) is 93.5 cm³/mol. The van der Waals surface area contributed by atoms with E-state index in [1.165, 1.54) is 0 Å². The van der Waals surface area contributed by atoms with Crippen molar-refractivity contribution in [3.8, 4) is 5.75 Å². The van der Waals surface area contributed by atoms with Crippen LogP contribution in [0.15, 0.2) is 42.5 Å². The number of carbonyl (C=O) groups is 1. The van der Waals surface area contributed by atoms with Crippen molar-refractivity contribution < 1.29 is 9.53 Å². The van der Waals surface area contributed by atoms with Crippen LogP contribution in [0.4, 0.5) is 11.4 Å². The summed E-state index contributed by atoms with van der Waals surface area (Å²) < 4.78 is 6.66. The summed E-state index contributed by atoms with van der Waals surface area (Å²) in [7, 11) is 0. The number of halogens is 1. The van der Waals surface area contributed by atoms with Gasteiger partial charge in [0, 0.05) is 14.9 Å². The number of amides is 1. The lowest BCUT2D eigenvalue weighted by atomic mass is 10.2. The van der Waals surface area contributed by atoms with Crippen LogP contribution >= 0.6 is 22.6 Å². The number of nitrogens with two attached hydrogens (primary N) is 1. The molecule has 5 heteroatoms. The fraction of sp³-hybridized carbons (Fsp3) is 0.188. The molecule has 0 aliphatic rings. The molecule has 21 heavy (non-hydrogen) atoms.